The van der Waals surface area contributed by atoms with E-state index in [1.807, 2.05) is 0 Å². The number of carbonyl (C=O) groups excluding carboxylic acids is 3. The van der Waals surface area contributed by atoms with Crippen LogP contribution in [-0.4, -0.2) is 31.5 Å². The van der Waals surface area contributed by atoms with Gasteiger partial charge in [-0.2, -0.15) is 0 Å². The van der Waals surface area contributed by atoms with E-state index in [0.717, 1.165) is 0 Å². The predicted molar refractivity (Wildman–Crippen MR) is 115 cm³/mol. The predicted octanol–water partition coefficient (Wildman–Crippen LogP) is 2.98. The molecule has 3 rings (SSSR count). The van der Waals surface area contributed by atoms with Crippen LogP contribution in [0.2, 0.25) is 0 Å². The molecule has 160 valence electrons. The molecule has 31 heavy (non-hydrogen) atoms. The second-order valence-corrected chi connectivity index (χ2v) is 6.42. The molecule has 0 atom stereocenters. The van der Waals surface area contributed by atoms with Crippen molar-refractivity contribution in [2.75, 3.05) is 24.3 Å². The van der Waals surface area contributed by atoms with E-state index in [-0.39, 0.29) is 30.9 Å². The van der Waals surface area contributed by atoms with E-state index >= 15 is 0 Å². The van der Waals surface area contributed by atoms with Crippen LogP contribution in [-0.2, 0) is 11.3 Å². The summed E-state index contributed by atoms with van der Waals surface area (Å²) in [5, 5.41) is 10.6. The van der Waals surface area contributed by atoms with Crippen LogP contribution in [0.5, 0.6) is 5.75 Å². The van der Waals surface area contributed by atoms with Crippen molar-refractivity contribution >= 4 is 29.2 Å². The quantitative estimate of drug-likeness (QED) is 0.445. The maximum Gasteiger partial charge on any atom is 0.319 e. The molecular weight excluding hydrogens is 400 g/mol. The molecule has 0 fully saturated rings. The number of anilines is 2. The molecule has 0 aliphatic rings. The van der Waals surface area contributed by atoms with Gasteiger partial charge in [-0.3, -0.25) is 9.59 Å². The highest BCUT2D eigenvalue weighted by Gasteiger charge is 2.09. The Labute approximate surface area is 178 Å². The molecule has 1 heterocycles. The van der Waals surface area contributed by atoms with Crippen molar-refractivity contribution in [2.45, 2.75) is 6.54 Å². The van der Waals surface area contributed by atoms with Crippen LogP contribution in [0.15, 0.2) is 71.3 Å². The van der Waals surface area contributed by atoms with E-state index in [1.165, 1.54) is 6.26 Å². The topological polar surface area (TPSA) is 122 Å². The summed E-state index contributed by atoms with van der Waals surface area (Å²) in [6, 6.07) is 16.3. The van der Waals surface area contributed by atoms with Gasteiger partial charge in [0.2, 0.25) is 5.91 Å². The van der Waals surface area contributed by atoms with Gasteiger partial charge in [0.15, 0.2) is 0 Å². The Morgan fingerprint density at radius 3 is 2.16 bits per heavy atom. The number of rotatable bonds is 8. The van der Waals surface area contributed by atoms with Crippen molar-refractivity contribution in [3.05, 3.63) is 78.3 Å². The van der Waals surface area contributed by atoms with Crippen LogP contribution in [0.3, 0.4) is 0 Å². The summed E-state index contributed by atoms with van der Waals surface area (Å²) in [7, 11) is 1.54. The average molecular weight is 422 g/mol. The third kappa shape index (κ3) is 6.64. The number of amides is 4. The molecule has 0 saturated heterocycles. The number of furan rings is 1. The zero-order valence-electron chi connectivity index (χ0n) is 16.8. The summed E-state index contributed by atoms with van der Waals surface area (Å²) < 4.78 is 10.2. The third-order valence-corrected chi connectivity index (χ3v) is 4.19. The molecule has 0 bridgehead atoms. The van der Waals surface area contributed by atoms with Crippen molar-refractivity contribution in [3.63, 3.8) is 0 Å². The standard InChI is InChI=1S/C22H22N4O5/c1-30-18-10-4-15(5-11-18)21(28)23-14-20(27)25-16-6-8-17(9-7-16)26-22(29)24-13-19-3-2-12-31-19/h2-12H,13-14H2,1H3,(H,23,28)(H,25,27)(H2,24,26,29). The fraction of sp³-hybridized carbons (Fsp3) is 0.136. The molecule has 4 N–H and O–H groups in total. The van der Waals surface area contributed by atoms with Crippen LogP contribution in [0.1, 0.15) is 16.1 Å². The third-order valence-electron chi connectivity index (χ3n) is 4.19. The van der Waals surface area contributed by atoms with E-state index in [9.17, 15) is 14.4 Å². The molecule has 0 unspecified atom stereocenters. The Morgan fingerprint density at radius 1 is 0.871 bits per heavy atom. The normalized spacial score (nSPS) is 10.1. The van der Waals surface area contributed by atoms with Crippen molar-refractivity contribution in [1.29, 1.82) is 0 Å². The van der Waals surface area contributed by atoms with Gasteiger partial charge in [-0.25, -0.2) is 4.79 Å². The monoisotopic (exact) mass is 422 g/mol. The first kappa shape index (κ1) is 21.4. The van der Waals surface area contributed by atoms with Gasteiger partial charge in [0.1, 0.15) is 11.5 Å². The molecule has 4 amide bonds. The number of nitrogens with one attached hydrogen (secondary N) is 4. The second kappa shape index (κ2) is 10.5. The lowest BCUT2D eigenvalue weighted by atomic mass is 10.2. The lowest BCUT2D eigenvalue weighted by molar-refractivity contribution is -0.115. The summed E-state index contributed by atoms with van der Waals surface area (Å²) in [6.07, 6.45) is 1.53. The molecule has 2 aromatic carbocycles. The molecule has 0 aliphatic heterocycles. The Hall–Kier alpha value is -4.27. The van der Waals surface area contributed by atoms with Gasteiger partial charge in [0, 0.05) is 16.9 Å². The highest BCUT2D eigenvalue weighted by atomic mass is 16.5. The number of ether oxygens (including phenoxy) is 1. The van der Waals surface area contributed by atoms with Crippen LogP contribution in [0.25, 0.3) is 0 Å². The van der Waals surface area contributed by atoms with Crippen molar-refractivity contribution < 1.29 is 23.5 Å². The van der Waals surface area contributed by atoms with Crippen molar-refractivity contribution in [3.8, 4) is 5.75 Å². The minimum absolute atomic E-state index is 0.181. The van der Waals surface area contributed by atoms with Gasteiger partial charge < -0.3 is 30.4 Å². The average Bonchev–Trinajstić information content (AvgIpc) is 3.31. The Bertz CT molecular complexity index is 1020. The Kier molecular flexibility index (Phi) is 7.26. The van der Waals surface area contributed by atoms with Gasteiger partial charge in [-0.1, -0.05) is 0 Å². The molecule has 9 heteroatoms. The second-order valence-electron chi connectivity index (χ2n) is 6.42. The molecular formula is C22H22N4O5. The molecule has 0 saturated carbocycles. The highest BCUT2D eigenvalue weighted by molar-refractivity contribution is 5.99. The fourth-order valence-electron chi connectivity index (χ4n) is 2.60. The number of urea groups is 1. The SMILES string of the molecule is COc1ccc(C(=O)NCC(=O)Nc2ccc(NC(=O)NCc3ccco3)cc2)cc1. The van der Waals surface area contributed by atoms with Crippen LogP contribution >= 0.6 is 0 Å². The first-order valence-corrected chi connectivity index (χ1v) is 9.43. The summed E-state index contributed by atoms with van der Waals surface area (Å²) in [6.45, 7) is 0.0925. The van der Waals surface area contributed by atoms with Crippen LogP contribution in [0.4, 0.5) is 16.2 Å². The number of benzene rings is 2. The number of hydrogen-bond acceptors (Lipinski definition) is 5. The summed E-state index contributed by atoms with van der Waals surface area (Å²) in [4.78, 5) is 36.1. The summed E-state index contributed by atoms with van der Waals surface area (Å²) >= 11 is 0. The smallest absolute Gasteiger partial charge is 0.319 e. The van der Waals surface area contributed by atoms with Gasteiger partial charge in [0.05, 0.1) is 26.5 Å². The van der Waals surface area contributed by atoms with Crippen LogP contribution < -0.4 is 26.0 Å². The minimum Gasteiger partial charge on any atom is -0.497 e. The zero-order chi connectivity index (χ0) is 22.1. The van der Waals surface area contributed by atoms with Crippen LogP contribution in [0, 0.1) is 0 Å². The van der Waals surface area contributed by atoms with E-state index < -0.39 is 0 Å². The summed E-state index contributed by atoms with van der Waals surface area (Å²) in [5.74, 6) is 0.547. The molecule has 0 radical (unpaired) electrons. The Morgan fingerprint density at radius 2 is 1.55 bits per heavy atom. The largest absolute Gasteiger partial charge is 0.497 e. The lowest BCUT2D eigenvalue weighted by Crippen LogP contribution is -2.32. The lowest BCUT2D eigenvalue weighted by Gasteiger charge is -2.09. The summed E-state index contributed by atoms with van der Waals surface area (Å²) in [5.41, 5.74) is 1.52. The maximum atomic E-state index is 12.1. The van der Waals surface area contributed by atoms with E-state index in [4.69, 9.17) is 9.15 Å². The van der Waals surface area contributed by atoms with E-state index in [0.29, 0.717) is 28.4 Å². The van der Waals surface area contributed by atoms with Crippen molar-refractivity contribution in [1.82, 2.24) is 10.6 Å². The zero-order valence-corrected chi connectivity index (χ0v) is 16.8. The minimum atomic E-state index is -0.380. The van der Waals surface area contributed by atoms with Gasteiger partial charge in [-0.15, -0.1) is 0 Å². The Balaban J connectivity index is 1.41. The van der Waals surface area contributed by atoms with E-state index in [1.54, 1.807) is 67.8 Å². The van der Waals surface area contributed by atoms with Gasteiger partial charge >= 0.3 is 6.03 Å². The molecule has 9 nitrogen and oxygen atoms in total. The van der Waals surface area contributed by atoms with E-state index in [2.05, 4.69) is 21.3 Å². The highest BCUT2D eigenvalue weighted by Crippen LogP contribution is 2.14. The number of methoxy groups -OCH3 is 1. The number of hydrogen-bond donors (Lipinski definition) is 4. The number of carbonyl (C=O) groups is 3. The van der Waals surface area contributed by atoms with Gasteiger partial charge in [0.25, 0.3) is 5.91 Å². The van der Waals surface area contributed by atoms with Crippen molar-refractivity contribution in [2.24, 2.45) is 0 Å². The first-order chi connectivity index (χ1) is 15.0. The molecule has 3 aromatic rings. The molecule has 0 spiro atoms. The molecule has 1 aromatic heterocycles. The molecule has 0 aliphatic carbocycles. The fourth-order valence-corrected chi connectivity index (χ4v) is 2.60. The maximum absolute atomic E-state index is 12.1. The van der Waals surface area contributed by atoms with Gasteiger partial charge in [-0.05, 0) is 60.7 Å². The first-order valence-electron chi connectivity index (χ1n) is 9.43.